The SMILES string of the molecule is CN(CC1CC(O)C1)C(=O)c1ccc(C#CCO)s1. The molecule has 0 saturated heterocycles. The average Bonchev–Trinajstić information content (AvgIpc) is 2.82. The summed E-state index contributed by atoms with van der Waals surface area (Å²) >= 11 is 1.34. The summed E-state index contributed by atoms with van der Waals surface area (Å²) in [5, 5.41) is 17.9. The molecule has 2 N–H and O–H groups in total. The van der Waals surface area contributed by atoms with Crippen molar-refractivity contribution in [2.45, 2.75) is 18.9 Å². The predicted octanol–water partition coefficient (Wildman–Crippen LogP) is 0.935. The topological polar surface area (TPSA) is 60.8 Å². The minimum Gasteiger partial charge on any atom is -0.393 e. The van der Waals surface area contributed by atoms with E-state index in [1.165, 1.54) is 11.3 Å². The molecular weight excluding hydrogens is 262 g/mol. The van der Waals surface area contributed by atoms with Crippen LogP contribution in [0.1, 0.15) is 27.4 Å². The third-order valence-corrected chi connectivity index (χ3v) is 4.19. The molecule has 0 bridgehead atoms. The van der Waals surface area contributed by atoms with Gasteiger partial charge in [0.1, 0.15) is 6.61 Å². The first kappa shape index (κ1) is 14.1. The van der Waals surface area contributed by atoms with E-state index in [0.717, 1.165) is 17.7 Å². The van der Waals surface area contributed by atoms with Gasteiger partial charge in [-0.1, -0.05) is 11.8 Å². The van der Waals surface area contributed by atoms with E-state index < -0.39 is 0 Å². The van der Waals surface area contributed by atoms with Crippen LogP contribution in [0.3, 0.4) is 0 Å². The fraction of sp³-hybridized carbons (Fsp3) is 0.500. The summed E-state index contributed by atoms with van der Waals surface area (Å²) in [5.41, 5.74) is 0. The van der Waals surface area contributed by atoms with E-state index in [2.05, 4.69) is 11.8 Å². The Balaban J connectivity index is 1.93. The maximum absolute atomic E-state index is 12.2. The molecule has 19 heavy (non-hydrogen) atoms. The predicted molar refractivity (Wildman–Crippen MR) is 74.0 cm³/mol. The lowest BCUT2D eigenvalue weighted by Gasteiger charge is -2.34. The summed E-state index contributed by atoms with van der Waals surface area (Å²) in [6, 6.07) is 3.56. The highest BCUT2D eigenvalue weighted by molar-refractivity contribution is 7.14. The molecule has 0 spiro atoms. The van der Waals surface area contributed by atoms with Gasteiger partial charge in [-0.25, -0.2) is 0 Å². The van der Waals surface area contributed by atoms with Crippen LogP contribution in [0.15, 0.2) is 12.1 Å². The van der Waals surface area contributed by atoms with Crippen LogP contribution in [-0.4, -0.2) is 47.3 Å². The largest absolute Gasteiger partial charge is 0.393 e. The number of hydrogen-bond acceptors (Lipinski definition) is 4. The lowest BCUT2D eigenvalue weighted by Crippen LogP contribution is -2.39. The molecule has 0 unspecified atom stereocenters. The summed E-state index contributed by atoms with van der Waals surface area (Å²) in [7, 11) is 1.78. The summed E-state index contributed by atoms with van der Waals surface area (Å²) in [6.45, 7) is 0.510. The molecule has 1 aromatic heterocycles. The summed E-state index contributed by atoms with van der Waals surface area (Å²) in [6.07, 6.45) is 1.39. The molecule has 2 rings (SSSR count). The average molecular weight is 279 g/mol. The number of nitrogens with zero attached hydrogens (tertiary/aromatic N) is 1. The Labute approximate surface area is 116 Å². The fourth-order valence-corrected chi connectivity index (χ4v) is 3.03. The van der Waals surface area contributed by atoms with Gasteiger partial charge in [0.05, 0.1) is 15.9 Å². The Bertz CT molecular complexity index is 508. The quantitative estimate of drug-likeness (QED) is 0.809. The summed E-state index contributed by atoms with van der Waals surface area (Å²) in [5.74, 6) is 5.76. The fourth-order valence-electron chi connectivity index (χ4n) is 2.15. The first-order valence-corrected chi connectivity index (χ1v) is 7.05. The second-order valence-corrected chi connectivity index (χ2v) is 5.88. The van der Waals surface area contributed by atoms with Crippen molar-refractivity contribution in [1.82, 2.24) is 4.90 Å². The van der Waals surface area contributed by atoms with Crippen LogP contribution in [0.5, 0.6) is 0 Å². The van der Waals surface area contributed by atoms with Crippen LogP contribution in [0, 0.1) is 17.8 Å². The molecular formula is C14H17NO3S. The molecule has 1 aliphatic rings. The number of hydrogen-bond donors (Lipinski definition) is 2. The van der Waals surface area contributed by atoms with Gasteiger partial charge in [0.25, 0.3) is 5.91 Å². The molecule has 0 aliphatic heterocycles. The molecule has 0 atom stereocenters. The van der Waals surface area contributed by atoms with Crippen LogP contribution in [0.2, 0.25) is 0 Å². The van der Waals surface area contributed by atoms with Gasteiger partial charge in [-0.15, -0.1) is 11.3 Å². The van der Waals surface area contributed by atoms with Gasteiger partial charge in [0.2, 0.25) is 0 Å². The Hall–Kier alpha value is -1.35. The van der Waals surface area contributed by atoms with E-state index >= 15 is 0 Å². The maximum atomic E-state index is 12.2. The van der Waals surface area contributed by atoms with Gasteiger partial charge < -0.3 is 15.1 Å². The number of rotatable bonds is 3. The first-order chi connectivity index (χ1) is 9.10. The number of aliphatic hydroxyl groups is 2. The van der Waals surface area contributed by atoms with Crippen LogP contribution in [0.4, 0.5) is 0 Å². The standard InChI is InChI=1S/C14H17NO3S/c1-15(9-10-7-11(17)8-10)14(18)13-5-4-12(19-13)3-2-6-16/h4-5,10-11,16-17H,6-9H2,1H3. The van der Waals surface area contributed by atoms with Crippen LogP contribution in [-0.2, 0) is 0 Å². The molecule has 102 valence electrons. The Kier molecular flexibility index (Phi) is 4.59. The van der Waals surface area contributed by atoms with E-state index in [1.54, 1.807) is 24.1 Å². The minimum atomic E-state index is -0.185. The molecule has 5 heteroatoms. The summed E-state index contributed by atoms with van der Waals surface area (Å²) in [4.78, 5) is 15.3. The normalized spacial score (nSPS) is 21.2. The van der Waals surface area contributed by atoms with Gasteiger partial charge >= 0.3 is 0 Å². The van der Waals surface area contributed by atoms with E-state index in [0.29, 0.717) is 17.3 Å². The molecule has 4 nitrogen and oxygen atoms in total. The van der Waals surface area contributed by atoms with E-state index in [9.17, 15) is 9.90 Å². The van der Waals surface area contributed by atoms with E-state index in [-0.39, 0.29) is 18.6 Å². The smallest absolute Gasteiger partial charge is 0.263 e. The molecule has 1 heterocycles. The van der Waals surface area contributed by atoms with Gasteiger partial charge in [0, 0.05) is 13.6 Å². The lowest BCUT2D eigenvalue weighted by molar-refractivity contribution is 0.0266. The number of carbonyl (C=O) groups excluding carboxylic acids is 1. The van der Waals surface area contributed by atoms with Crippen LogP contribution < -0.4 is 0 Å². The molecule has 1 amide bonds. The second kappa shape index (κ2) is 6.20. The van der Waals surface area contributed by atoms with Gasteiger partial charge in [0.15, 0.2) is 0 Å². The zero-order valence-electron chi connectivity index (χ0n) is 10.8. The zero-order valence-corrected chi connectivity index (χ0v) is 11.6. The number of aliphatic hydroxyl groups excluding tert-OH is 2. The number of thiophene rings is 1. The third kappa shape index (κ3) is 3.57. The Morgan fingerprint density at radius 3 is 2.89 bits per heavy atom. The van der Waals surface area contributed by atoms with Gasteiger partial charge in [-0.3, -0.25) is 4.79 Å². The van der Waals surface area contributed by atoms with Gasteiger partial charge in [-0.2, -0.15) is 0 Å². The molecule has 1 saturated carbocycles. The van der Waals surface area contributed by atoms with Crippen LogP contribution in [0.25, 0.3) is 0 Å². The van der Waals surface area contributed by atoms with Crippen molar-refractivity contribution in [3.63, 3.8) is 0 Å². The highest BCUT2D eigenvalue weighted by atomic mass is 32.1. The van der Waals surface area contributed by atoms with Gasteiger partial charge in [-0.05, 0) is 30.9 Å². The second-order valence-electron chi connectivity index (χ2n) is 4.80. The van der Waals surface area contributed by atoms with Crippen molar-refractivity contribution in [2.75, 3.05) is 20.2 Å². The first-order valence-electron chi connectivity index (χ1n) is 6.23. The number of amides is 1. The molecule has 0 radical (unpaired) electrons. The van der Waals surface area contributed by atoms with Crippen LogP contribution >= 0.6 is 11.3 Å². The Morgan fingerprint density at radius 2 is 2.26 bits per heavy atom. The maximum Gasteiger partial charge on any atom is 0.263 e. The van der Waals surface area contributed by atoms with E-state index in [1.807, 2.05) is 0 Å². The lowest BCUT2D eigenvalue weighted by atomic mass is 9.82. The molecule has 1 aliphatic carbocycles. The highest BCUT2D eigenvalue weighted by Crippen LogP contribution is 2.28. The van der Waals surface area contributed by atoms with E-state index in [4.69, 9.17) is 5.11 Å². The molecule has 1 fully saturated rings. The van der Waals surface area contributed by atoms with Crippen molar-refractivity contribution in [3.05, 3.63) is 21.9 Å². The monoisotopic (exact) mass is 279 g/mol. The van der Waals surface area contributed by atoms with Crippen molar-refractivity contribution in [1.29, 1.82) is 0 Å². The molecule has 0 aromatic carbocycles. The van der Waals surface area contributed by atoms with Crippen molar-refractivity contribution < 1.29 is 15.0 Å². The third-order valence-electron chi connectivity index (χ3n) is 3.20. The van der Waals surface area contributed by atoms with Crippen molar-refractivity contribution in [2.24, 2.45) is 5.92 Å². The highest BCUT2D eigenvalue weighted by Gasteiger charge is 2.29. The Morgan fingerprint density at radius 1 is 1.53 bits per heavy atom. The number of carbonyl (C=O) groups is 1. The summed E-state index contributed by atoms with van der Waals surface area (Å²) < 4.78 is 0. The minimum absolute atomic E-state index is 0.0107. The zero-order chi connectivity index (χ0) is 13.8. The van der Waals surface area contributed by atoms with Crippen molar-refractivity contribution in [3.8, 4) is 11.8 Å². The van der Waals surface area contributed by atoms with Crippen molar-refractivity contribution >= 4 is 17.2 Å². The molecule has 1 aromatic rings.